The van der Waals surface area contributed by atoms with Crippen LogP contribution in [0, 0.1) is 5.92 Å². The lowest BCUT2D eigenvalue weighted by molar-refractivity contribution is 0.0779. The van der Waals surface area contributed by atoms with E-state index in [-0.39, 0.29) is 27.4 Å². The number of hydrogen-bond acceptors (Lipinski definition) is 3. The van der Waals surface area contributed by atoms with Gasteiger partial charge in [-0.2, -0.15) is 4.31 Å². The molecule has 23 heavy (non-hydrogen) atoms. The highest BCUT2D eigenvalue weighted by molar-refractivity contribution is 7.89. The Morgan fingerprint density at radius 2 is 1.74 bits per heavy atom. The molecule has 0 aliphatic carbocycles. The lowest BCUT2D eigenvalue weighted by Crippen LogP contribution is -2.33. The van der Waals surface area contributed by atoms with E-state index in [0.717, 1.165) is 0 Å². The van der Waals surface area contributed by atoms with Gasteiger partial charge in [0.2, 0.25) is 10.0 Å². The molecule has 1 aromatic rings. The third kappa shape index (κ3) is 4.68. The van der Waals surface area contributed by atoms with Gasteiger partial charge in [-0.15, -0.1) is 0 Å². The summed E-state index contributed by atoms with van der Waals surface area (Å²) < 4.78 is 26.4. The molecule has 0 saturated carbocycles. The third-order valence-corrected chi connectivity index (χ3v) is 5.92. The Morgan fingerprint density at radius 1 is 1.17 bits per heavy atom. The fourth-order valence-corrected chi connectivity index (χ4v) is 3.70. The highest BCUT2D eigenvalue weighted by atomic mass is 35.5. The highest BCUT2D eigenvalue weighted by Gasteiger charge is 2.25. The molecule has 0 fully saturated rings. The molecule has 1 aromatic carbocycles. The third-order valence-electron chi connectivity index (χ3n) is 3.56. The summed E-state index contributed by atoms with van der Waals surface area (Å²) in [5.41, 5.74) is 0.202. The van der Waals surface area contributed by atoms with Crippen LogP contribution >= 0.6 is 11.6 Å². The van der Waals surface area contributed by atoms with Crippen molar-refractivity contribution in [3.05, 3.63) is 28.8 Å². The Hall–Kier alpha value is -1.11. The van der Waals surface area contributed by atoms with Crippen molar-refractivity contribution in [2.24, 2.45) is 5.92 Å². The minimum Gasteiger partial charge on any atom is -0.341 e. The maximum Gasteiger partial charge on any atom is 0.255 e. The van der Waals surface area contributed by atoms with Gasteiger partial charge in [-0.1, -0.05) is 25.4 Å². The molecule has 0 heterocycles. The molecule has 1 amide bonds. The lowest BCUT2D eigenvalue weighted by atomic mass is 10.1. The van der Waals surface area contributed by atoms with E-state index in [1.54, 1.807) is 25.8 Å². The molecule has 5 nitrogen and oxygen atoms in total. The smallest absolute Gasteiger partial charge is 0.255 e. The number of sulfonamides is 1. The van der Waals surface area contributed by atoms with Gasteiger partial charge >= 0.3 is 0 Å². The van der Waals surface area contributed by atoms with Crippen molar-refractivity contribution >= 4 is 27.5 Å². The summed E-state index contributed by atoms with van der Waals surface area (Å²) in [7, 11) is -0.460. The molecular weight excluding hydrogens is 336 g/mol. The Morgan fingerprint density at radius 3 is 2.22 bits per heavy atom. The van der Waals surface area contributed by atoms with Crippen molar-refractivity contribution in [3.8, 4) is 0 Å². The second-order valence-corrected chi connectivity index (χ2v) is 8.74. The number of rotatable bonds is 6. The lowest BCUT2D eigenvalue weighted by Gasteiger charge is -2.23. The molecule has 0 saturated heterocycles. The normalized spacial score (nSPS) is 12.3. The number of amides is 1. The minimum atomic E-state index is -3.66. The number of halogens is 1. The van der Waals surface area contributed by atoms with Crippen LogP contribution in [0.15, 0.2) is 23.1 Å². The van der Waals surface area contributed by atoms with Crippen molar-refractivity contribution < 1.29 is 13.2 Å². The van der Waals surface area contributed by atoms with Crippen molar-refractivity contribution in [2.75, 3.05) is 20.6 Å². The molecular formula is C16H25ClN2O3S. The van der Waals surface area contributed by atoms with Crippen molar-refractivity contribution in [1.29, 1.82) is 0 Å². The molecule has 0 bridgehead atoms. The zero-order valence-corrected chi connectivity index (χ0v) is 16.1. The van der Waals surface area contributed by atoms with Gasteiger partial charge in [-0.25, -0.2) is 8.42 Å². The van der Waals surface area contributed by atoms with Crippen LogP contribution in [0.4, 0.5) is 0 Å². The average molecular weight is 361 g/mol. The molecule has 0 spiro atoms. The van der Waals surface area contributed by atoms with E-state index in [1.165, 1.54) is 29.6 Å². The van der Waals surface area contributed by atoms with Gasteiger partial charge in [0.05, 0.1) is 15.5 Å². The minimum absolute atomic E-state index is 0.0689. The van der Waals surface area contributed by atoms with Crippen LogP contribution in [0.25, 0.3) is 0 Å². The predicted octanol–water partition coefficient (Wildman–Crippen LogP) is 3.10. The fourth-order valence-electron chi connectivity index (χ4n) is 2.11. The first-order valence-corrected chi connectivity index (χ1v) is 9.33. The van der Waals surface area contributed by atoms with Crippen LogP contribution in [0.1, 0.15) is 38.1 Å². The summed E-state index contributed by atoms with van der Waals surface area (Å²) in [5, 5.41) is 0.247. The van der Waals surface area contributed by atoms with Gasteiger partial charge in [-0.05, 0) is 38.0 Å². The quantitative estimate of drug-likeness (QED) is 0.783. The SMILES string of the molecule is CC(C)CN(C)C(=O)c1cc(S(=O)(=O)N(C)C(C)C)ccc1Cl. The van der Waals surface area contributed by atoms with Gasteiger partial charge in [-0.3, -0.25) is 4.79 Å². The average Bonchev–Trinajstić information content (AvgIpc) is 2.44. The summed E-state index contributed by atoms with van der Waals surface area (Å²) in [4.78, 5) is 14.1. The summed E-state index contributed by atoms with van der Waals surface area (Å²) in [6, 6.07) is 4.06. The molecule has 0 aliphatic rings. The van der Waals surface area contributed by atoms with E-state index in [2.05, 4.69) is 0 Å². The molecule has 1 rings (SSSR count). The summed E-state index contributed by atoms with van der Waals surface area (Å²) in [5.74, 6) is 0.0228. The van der Waals surface area contributed by atoms with E-state index in [9.17, 15) is 13.2 Å². The van der Waals surface area contributed by atoms with Gasteiger partial charge < -0.3 is 4.90 Å². The zero-order chi connectivity index (χ0) is 17.9. The molecule has 0 radical (unpaired) electrons. The van der Waals surface area contributed by atoms with Gasteiger partial charge in [0.1, 0.15) is 0 Å². The van der Waals surface area contributed by atoms with Gasteiger partial charge in [0.15, 0.2) is 0 Å². The van der Waals surface area contributed by atoms with E-state index in [4.69, 9.17) is 11.6 Å². The van der Waals surface area contributed by atoms with Crippen LogP contribution < -0.4 is 0 Å². The number of carbonyl (C=O) groups excluding carboxylic acids is 1. The zero-order valence-electron chi connectivity index (χ0n) is 14.5. The molecule has 130 valence electrons. The standard InChI is InChI=1S/C16H25ClN2O3S/c1-11(2)10-18(5)16(20)14-9-13(7-8-15(14)17)23(21,22)19(6)12(3)4/h7-9,11-12H,10H2,1-6H3. The fraction of sp³-hybridized carbons (Fsp3) is 0.562. The van der Waals surface area contributed by atoms with Crippen LogP contribution in [0.2, 0.25) is 5.02 Å². The molecule has 0 unspecified atom stereocenters. The van der Waals surface area contributed by atoms with Crippen molar-refractivity contribution in [3.63, 3.8) is 0 Å². The predicted molar refractivity (Wildman–Crippen MR) is 93.3 cm³/mol. The highest BCUT2D eigenvalue weighted by Crippen LogP contribution is 2.24. The maximum absolute atomic E-state index is 12.6. The number of nitrogens with zero attached hydrogens (tertiary/aromatic N) is 2. The van der Waals surface area contributed by atoms with Crippen LogP contribution in [-0.4, -0.2) is 50.2 Å². The first-order valence-electron chi connectivity index (χ1n) is 7.51. The Bertz CT molecular complexity index is 672. The second kappa shape index (κ2) is 7.64. The summed E-state index contributed by atoms with van der Waals surface area (Å²) >= 11 is 6.11. The number of carbonyl (C=O) groups is 1. The molecule has 0 N–H and O–H groups in total. The molecule has 0 aliphatic heterocycles. The maximum atomic E-state index is 12.6. The van der Waals surface area contributed by atoms with Crippen molar-refractivity contribution in [1.82, 2.24) is 9.21 Å². The van der Waals surface area contributed by atoms with Gasteiger partial charge in [0.25, 0.3) is 5.91 Å². The van der Waals surface area contributed by atoms with Crippen LogP contribution in [0.3, 0.4) is 0 Å². The molecule has 7 heteroatoms. The number of benzene rings is 1. The first-order chi connectivity index (χ1) is 10.5. The largest absolute Gasteiger partial charge is 0.341 e. The topological polar surface area (TPSA) is 57.7 Å². The van der Waals surface area contributed by atoms with E-state index in [0.29, 0.717) is 12.5 Å². The summed E-state index contributed by atoms with van der Waals surface area (Å²) in [6.07, 6.45) is 0. The Balaban J connectivity index is 3.26. The molecule has 0 aromatic heterocycles. The molecule has 0 atom stereocenters. The van der Waals surface area contributed by atoms with Gasteiger partial charge in [0, 0.05) is 26.7 Å². The van der Waals surface area contributed by atoms with E-state index < -0.39 is 10.0 Å². The van der Waals surface area contributed by atoms with Crippen LogP contribution in [-0.2, 0) is 10.0 Å². The Kier molecular flexibility index (Phi) is 6.62. The summed E-state index contributed by atoms with van der Waals surface area (Å²) in [6.45, 7) is 8.15. The first kappa shape index (κ1) is 19.9. The monoisotopic (exact) mass is 360 g/mol. The van der Waals surface area contributed by atoms with Crippen molar-refractivity contribution in [2.45, 2.75) is 38.6 Å². The van der Waals surface area contributed by atoms with E-state index >= 15 is 0 Å². The second-order valence-electron chi connectivity index (χ2n) is 6.34. The number of hydrogen-bond donors (Lipinski definition) is 0. The van der Waals surface area contributed by atoms with Crippen LogP contribution in [0.5, 0.6) is 0 Å². The van der Waals surface area contributed by atoms with E-state index in [1.807, 2.05) is 13.8 Å². The Labute approximate surface area is 144 Å².